The molecule has 4 heteroatoms. The summed E-state index contributed by atoms with van der Waals surface area (Å²) >= 11 is 5.96. The molecule has 1 aromatic heterocycles. The number of hydrogen-bond acceptors (Lipinski definition) is 3. The van der Waals surface area contributed by atoms with Gasteiger partial charge in [-0.2, -0.15) is 0 Å². The zero-order valence-electron chi connectivity index (χ0n) is 10.9. The number of pyridine rings is 1. The average Bonchev–Trinajstić information content (AvgIpc) is 2.41. The van der Waals surface area contributed by atoms with E-state index >= 15 is 0 Å². The van der Waals surface area contributed by atoms with E-state index in [0.717, 1.165) is 11.3 Å². The molecule has 1 unspecified atom stereocenters. The molecule has 0 aliphatic rings. The quantitative estimate of drug-likeness (QED) is 0.932. The molecule has 2 aromatic rings. The van der Waals surface area contributed by atoms with Gasteiger partial charge < -0.3 is 9.84 Å². The van der Waals surface area contributed by atoms with Crippen molar-refractivity contribution in [3.8, 4) is 5.75 Å². The van der Waals surface area contributed by atoms with Gasteiger partial charge >= 0.3 is 0 Å². The monoisotopic (exact) mass is 277 g/mol. The van der Waals surface area contributed by atoms with Crippen LogP contribution in [-0.4, -0.2) is 17.2 Å². The van der Waals surface area contributed by atoms with Gasteiger partial charge in [0.15, 0.2) is 0 Å². The molecule has 1 atom stereocenters. The summed E-state index contributed by atoms with van der Waals surface area (Å²) in [6.07, 6.45) is 1.53. The van der Waals surface area contributed by atoms with Crippen molar-refractivity contribution in [2.75, 3.05) is 7.11 Å². The van der Waals surface area contributed by atoms with Gasteiger partial charge in [0.2, 0.25) is 0 Å². The predicted molar refractivity (Wildman–Crippen MR) is 75.6 cm³/mol. The zero-order chi connectivity index (χ0) is 13.8. The highest BCUT2D eigenvalue weighted by molar-refractivity contribution is 6.30. The lowest BCUT2D eigenvalue weighted by molar-refractivity contribution is 0.173. The van der Waals surface area contributed by atoms with Crippen LogP contribution in [0.25, 0.3) is 0 Å². The number of rotatable bonds is 4. The van der Waals surface area contributed by atoms with Gasteiger partial charge in [-0.25, -0.2) is 0 Å². The summed E-state index contributed by atoms with van der Waals surface area (Å²) in [5.41, 5.74) is 2.61. The third kappa shape index (κ3) is 3.46. The van der Waals surface area contributed by atoms with Crippen molar-refractivity contribution >= 4 is 11.6 Å². The number of benzene rings is 1. The Morgan fingerprint density at radius 1 is 1.32 bits per heavy atom. The summed E-state index contributed by atoms with van der Waals surface area (Å²) in [5, 5.41) is 10.9. The van der Waals surface area contributed by atoms with Crippen molar-refractivity contribution in [2.45, 2.75) is 19.4 Å². The fourth-order valence-corrected chi connectivity index (χ4v) is 2.07. The van der Waals surface area contributed by atoms with Crippen LogP contribution in [0.5, 0.6) is 5.75 Å². The SMILES string of the molecule is COc1ccc(Cl)cc1C(O)Cc1ccc(C)cn1. The van der Waals surface area contributed by atoms with Crippen LogP contribution in [-0.2, 0) is 6.42 Å². The lowest BCUT2D eigenvalue weighted by atomic mass is 10.0. The number of aliphatic hydroxyl groups excluding tert-OH is 1. The van der Waals surface area contributed by atoms with Crippen LogP contribution in [0.2, 0.25) is 5.02 Å². The fourth-order valence-electron chi connectivity index (χ4n) is 1.89. The molecule has 0 aliphatic carbocycles. The number of halogens is 1. The molecule has 0 fully saturated rings. The Bertz CT molecular complexity index is 555. The molecule has 2 rings (SSSR count). The second-order valence-electron chi connectivity index (χ2n) is 4.43. The van der Waals surface area contributed by atoms with E-state index in [1.54, 1.807) is 31.5 Å². The molecule has 0 amide bonds. The highest BCUT2D eigenvalue weighted by atomic mass is 35.5. The highest BCUT2D eigenvalue weighted by Crippen LogP contribution is 2.29. The topological polar surface area (TPSA) is 42.4 Å². The van der Waals surface area contributed by atoms with Gasteiger partial charge in [-0.1, -0.05) is 17.7 Å². The number of ether oxygens (including phenoxy) is 1. The normalized spacial score (nSPS) is 12.2. The van der Waals surface area contributed by atoms with Gasteiger partial charge in [-0.15, -0.1) is 0 Å². The highest BCUT2D eigenvalue weighted by Gasteiger charge is 2.15. The maximum atomic E-state index is 10.3. The summed E-state index contributed by atoms with van der Waals surface area (Å²) in [7, 11) is 1.57. The molecule has 100 valence electrons. The van der Waals surface area contributed by atoms with E-state index in [-0.39, 0.29) is 0 Å². The first-order valence-electron chi connectivity index (χ1n) is 6.03. The van der Waals surface area contributed by atoms with Gasteiger partial charge in [0, 0.05) is 28.9 Å². The van der Waals surface area contributed by atoms with Crippen molar-refractivity contribution in [1.82, 2.24) is 4.98 Å². The van der Waals surface area contributed by atoms with E-state index in [4.69, 9.17) is 16.3 Å². The minimum atomic E-state index is -0.691. The van der Waals surface area contributed by atoms with Gasteiger partial charge in [-0.3, -0.25) is 4.98 Å². The summed E-state index contributed by atoms with van der Waals surface area (Å²) in [4.78, 5) is 4.29. The Morgan fingerprint density at radius 2 is 2.11 bits per heavy atom. The number of methoxy groups -OCH3 is 1. The molecule has 1 heterocycles. The molecule has 0 saturated carbocycles. The van der Waals surface area contributed by atoms with Crippen LogP contribution in [0.15, 0.2) is 36.5 Å². The summed E-state index contributed by atoms with van der Waals surface area (Å²) in [6, 6.07) is 9.10. The van der Waals surface area contributed by atoms with Crippen molar-refractivity contribution in [3.05, 3.63) is 58.4 Å². The van der Waals surface area contributed by atoms with E-state index in [9.17, 15) is 5.11 Å². The molecule has 0 radical (unpaired) electrons. The van der Waals surface area contributed by atoms with Crippen molar-refractivity contribution in [1.29, 1.82) is 0 Å². The minimum absolute atomic E-state index is 0.428. The zero-order valence-corrected chi connectivity index (χ0v) is 11.7. The van der Waals surface area contributed by atoms with Crippen LogP contribution >= 0.6 is 11.6 Å². The van der Waals surface area contributed by atoms with Crippen LogP contribution in [0.4, 0.5) is 0 Å². The first-order chi connectivity index (χ1) is 9.10. The molecular formula is C15H16ClNO2. The molecule has 0 saturated heterocycles. The van der Waals surface area contributed by atoms with Gasteiger partial charge in [0.25, 0.3) is 0 Å². The molecule has 0 bridgehead atoms. The first-order valence-corrected chi connectivity index (χ1v) is 6.41. The smallest absolute Gasteiger partial charge is 0.124 e. The molecular weight excluding hydrogens is 262 g/mol. The molecule has 0 aliphatic heterocycles. The van der Waals surface area contributed by atoms with Crippen LogP contribution in [0.3, 0.4) is 0 Å². The predicted octanol–water partition coefficient (Wildman–Crippen LogP) is 3.33. The Morgan fingerprint density at radius 3 is 2.74 bits per heavy atom. The van der Waals surface area contributed by atoms with Crippen LogP contribution in [0, 0.1) is 6.92 Å². The first kappa shape index (κ1) is 13.8. The molecule has 3 nitrogen and oxygen atoms in total. The number of hydrogen-bond donors (Lipinski definition) is 1. The lowest BCUT2D eigenvalue weighted by Crippen LogP contribution is -2.05. The second-order valence-corrected chi connectivity index (χ2v) is 4.87. The maximum Gasteiger partial charge on any atom is 0.124 e. The van der Waals surface area contributed by atoms with Gasteiger partial charge in [0.1, 0.15) is 5.75 Å². The minimum Gasteiger partial charge on any atom is -0.496 e. The number of nitrogens with zero attached hydrogens (tertiary/aromatic N) is 1. The Balaban J connectivity index is 2.21. The Labute approximate surface area is 117 Å². The van der Waals surface area contributed by atoms with E-state index in [1.807, 2.05) is 19.1 Å². The third-order valence-electron chi connectivity index (χ3n) is 2.93. The van der Waals surface area contributed by atoms with Gasteiger partial charge in [0.05, 0.1) is 13.2 Å². The number of aliphatic hydroxyl groups is 1. The maximum absolute atomic E-state index is 10.3. The molecule has 1 aromatic carbocycles. The van der Waals surface area contributed by atoms with E-state index in [2.05, 4.69) is 4.98 Å². The third-order valence-corrected chi connectivity index (χ3v) is 3.16. The summed E-state index contributed by atoms with van der Waals surface area (Å²) in [5.74, 6) is 0.629. The fraction of sp³-hybridized carbons (Fsp3) is 0.267. The summed E-state index contributed by atoms with van der Waals surface area (Å²) in [6.45, 7) is 1.98. The van der Waals surface area contributed by atoms with E-state index in [1.165, 1.54) is 0 Å². The van der Waals surface area contributed by atoms with Crippen molar-refractivity contribution in [2.24, 2.45) is 0 Å². The molecule has 0 spiro atoms. The second kappa shape index (κ2) is 6.04. The van der Waals surface area contributed by atoms with Crippen molar-refractivity contribution in [3.63, 3.8) is 0 Å². The van der Waals surface area contributed by atoms with E-state index < -0.39 is 6.10 Å². The standard InChI is InChI=1S/C15H16ClNO2/c1-10-3-5-12(17-9-10)8-14(18)13-7-11(16)4-6-15(13)19-2/h3-7,9,14,18H,8H2,1-2H3. The summed E-state index contributed by atoms with van der Waals surface area (Å²) < 4.78 is 5.24. The number of aryl methyl sites for hydroxylation is 1. The van der Waals surface area contributed by atoms with Crippen LogP contribution < -0.4 is 4.74 Å². The van der Waals surface area contributed by atoms with E-state index in [0.29, 0.717) is 22.8 Å². The number of aromatic nitrogens is 1. The molecule has 19 heavy (non-hydrogen) atoms. The Kier molecular flexibility index (Phi) is 4.40. The average molecular weight is 278 g/mol. The van der Waals surface area contributed by atoms with Crippen LogP contribution in [0.1, 0.15) is 22.9 Å². The molecule has 1 N–H and O–H groups in total. The Hall–Kier alpha value is -1.58. The largest absolute Gasteiger partial charge is 0.496 e. The lowest BCUT2D eigenvalue weighted by Gasteiger charge is -2.15. The van der Waals surface area contributed by atoms with Crippen molar-refractivity contribution < 1.29 is 9.84 Å². The van der Waals surface area contributed by atoms with Gasteiger partial charge in [-0.05, 0) is 36.8 Å².